The van der Waals surface area contributed by atoms with E-state index in [-0.39, 0.29) is 29.9 Å². The Morgan fingerprint density at radius 1 is 1.35 bits per heavy atom. The molecule has 2 aliphatic heterocycles. The summed E-state index contributed by atoms with van der Waals surface area (Å²) in [6.07, 6.45) is -0.867. The van der Waals surface area contributed by atoms with Crippen LogP contribution in [0.5, 0.6) is 0 Å². The maximum absolute atomic E-state index is 13.1. The third-order valence-electron chi connectivity index (χ3n) is 5.08. The van der Waals surface area contributed by atoms with E-state index in [0.29, 0.717) is 6.42 Å². The van der Waals surface area contributed by atoms with Crippen LogP contribution in [0.15, 0.2) is 30.3 Å². The first-order valence-electron chi connectivity index (χ1n) is 8.81. The molecule has 2 aliphatic rings. The van der Waals surface area contributed by atoms with Gasteiger partial charge in [-0.2, -0.15) is 0 Å². The minimum absolute atomic E-state index is 0.0841. The Morgan fingerprint density at radius 3 is 2.69 bits per heavy atom. The van der Waals surface area contributed by atoms with Gasteiger partial charge in [0.15, 0.2) is 0 Å². The molecule has 0 radical (unpaired) electrons. The van der Waals surface area contributed by atoms with E-state index in [9.17, 15) is 18.5 Å². The molecule has 2 fully saturated rings. The quantitative estimate of drug-likeness (QED) is 0.578. The van der Waals surface area contributed by atoms with Crippen LogP contribution in [0.1, 0.15) is 39.5 Å². The van der Waals surface area contributed by atoms with Gasteiger partial charge in [0.25, 0.3) is 0 Å². The summed E-state index contributed by atoms with van der Waals surface area (Å²) in [5.41, 5.74) is -1.35. The van der Waals surface area contributed by atoms with Crippen molar-refractivity contribution < 1.29 is 28.0 Å². The zero-order chi connectivity index (χ0) is 18.9. The molecule has 1 N–H and O–H groups in total. The van der Waals surface area contributed by atoms with Crippen LogP contribution in [0.4, 0.5) is 0 Å². The molecule has 2 bridgehead atoms. The van der Waals surface area contributed by atoms with Crippen LogP contribution < -0.4 is 4.46 Å². The fraction of sp³-hybridized carbons (Fsp3) is 0.579. The summed E-state index contributed by atoms with van der Waals surface area (Å²) in [7, 11) is 0. The first-order chi connectivity index (χ1) is 12.3. The van der Waals surface area contributed by atoms with Crippen LogP contribution in [0.25, 0.3) is 0 Å². The predicted octanol–water partition coefficient (Wildman–Crippen LogP) is 1.28. The van der Waals surface area contributed by atoms with E-state index in [2.05, 4.69) is 0 Å². The molecular weight excluding hydrogens is 403 g/mol. The number of fused-ring (bicyclic) bond motifs is 2. The number of ketones is 1. The van der Waals surface area contributed by atoms with Crippen LogP contribution in [-0.2, 0) is 22.9 Å². The number of hydrogen-bond acceptors (Lipinski definition) is 6. The fourth-order valence-corrected chi connectivity index (χ4v) is 7.00. The Morgan fingerprint density at radius 2 is 2.04 bits per heavy atom. The first kappa shape index (κ1) is 19.4. The maximum atomic E-state index is 13.1. The fourth-order valence-electron chi connectivity index (χ4n) is 3.73. The van der Waals surface area contributed by atoms with E-state index in [1.54, 1.807) is 6.92 Å². The summed E-state index contributed by atoms with van der Waals surface area (Å²) in [5.74, 6) is -0.580. The van der Waals surface area contributed by atoms with Crippen LogP contribution in [-0.4, -0.2) is 54.6 Å². The first-order valence-corrected chi connectivity index (χ1v) is 11.4. The second kappa shape index (κ2) is 7.69. The number of carbonyl (C=O) groups is 2. The van der Waals surface area contributed by atoms with Gasteiger partial charge in [-0.25, -0.2) is 0 Å². The van der Waals surface area contributed by atoms with Crippen molar-refractivity contribution in [3.63, 3.8) is 0 Å². The molecule has 1 unspecified atom stereocenters. The van der Waals surface area contributed by atoms with Crippen molar-refractivity contribution in [1.29, 1.82) is 0 Å². The Kier molecular flexibility index (Phi) is 5.72. The molecule has 2 saturated heterocycles. The van der Waals surface area contributed by atoms with Gasteiger partial charge in [0.05, 0.1) is 0 Å². The molecule has 142 valence electrons. The number of ether oxygens (including phenoxy) is 2. The van der Waals surface area contributed by atoms with Crippen molar-refractivity contribution >= 4 is 30.0 Å². The molecular formula is C19H24O6Se. The van der Waals surface area contributed by atoms with Gasteiger partial charge in [-0.05, 0) is 0 Å². The van der Waals surface area contributed by atoms with Crippen molar-refractivity contribution in [3.05, 3.63) is 30.3 Å². The van der Waals surface area contributed by atoms with Gasteiger partial charge in [0.2, 0.25) is 0 Å². The molecule has 0 aliphatic carbocycles. The number of aliphatic hydroxyl groups is 1. The molecule has 1 aromatic carbocycles. The third-order valence-corrected chi connectivity index (χ3v) is 8.82. The van der Waals surface area contributed by atoms with Crippen LogP contribution in [0, 0.1) is 0 Å². The van der Waals surface area contributed by atoms with Crippen molar-refractivity contribution in [2.24, 2.45) is 0 Å². The predicted molar refractivity (Wildman–Crippen MR) is 94.6 cm³/mol. The summed E-state index contributed by atoms with van der Waals surface area (Å²) in [6.45, 7) is 2.87. The molecule has 0 aromatic heterocycles. The van der Waals surface area contributed by atoms with Gasteiger partial charge < -0.3 is 0 Å². The summed E-state index contributed by atoms with van der Waals surface area (Å²) in [4.78, 5) is 23.6. The van der Waals surface area contributed by atoms with Crippen molar-refractivity contribution in [1.82, 2.24) is 0 Å². The van der Waals surface area contributed by atoms with Crippen LogP contribution >= 0.6 is 0 Å². The second-order valence-electron chi connectivity index (χ2n) is 7.21. The van der Waals surface area contributed by atoms with E-state index in [1.165, 1.54) is 6.92 Å². The average molecular weight is 427 g/mol. The second-order valence-corrected chi connectivity index (χ2v) is 10.7. The van der Waals surface area contributed by atoms with Crippen molar-refractivity contribution in [2.75, 3.05) is 0 Å². The monoisotopic (exact) mass is 428 g/mol. The molecule has 3 rings (SSSR count). The number of Topliss-reactive ketones (excluding diaryl/α,β-unsaturated/α-hetero) is 1. The molecule has 0 spiro atoms. The molecule has 26 heavy (non-hydrogen) atoms. The van der Waals surface area contributed by atoms with Crippen molar-refractivity contribution in [3.8, 4) is 0 Å². The summed E-state index contributed by atoms with van der Waals surface area (Å²) in [6, 6.07) is 9.20. The Hall–Kier alpha value is -1.40. The molecule has 0 amide bonds. The van der Waals surface area contributed by atoms with Gasteiger partial charge in [0.1, 0.15) is 0 Å². The van der Waals surface area contributed by atoms with Crippen LogP contribution in [0.2, 0.25) is 4.82 Å². The van der Waals surface area contributed by atoms with Gasteiger partial charge >= 0.3 is 157 Å². The van der Waals surface area contributed by atoms with E-state index < -0.39 is 43.7 Å². The normalized spacial score (nSPS) is 35.9. The Balaban J connectivity index is 1.87. The van der Waals surface area contributed by atoms with Crippen LogP contribution in [0.3, 0.4) is 0 Å². The Labute approximate surface area is 157 Å². The SMILES string of the molecule is CC(=O)O[C@H]1CCC(=O)[C@H]2C[C@H]([Se](=O)c3ccccc3)[C@@H](C[C@@]1(C)O)O2. The molecule has 6 nitrogen and oxygen atoms in total. The average Bonchev–Trinajstić information content (AvgIpc) is 3.01. The molecule has 2 heterocycles. The minimum atomic E-state index is -2.46. The molecule has 1 aromatic rings. The summed E-state index contributed by atoms with van der Waals surface area (Å²) >= 11 is -2.46. The topological polar surface area (TPSA) is 89.9 Å². The van der Waals surface area contributed by atoms with E-state index >= 15 is 0 Å². The number of rotatable bonds is 3. The van der Waals surface area contributed by atoms with Gasteiger partial charge in [-0.15, -0.1) is 0 Å². The molecule has 7 heteroatoms. The van der Waals surface area contributed by atoms with E-state index in [1.807, 2.05) is 30.3 Å². The zero-order valence-corrected chi connectivity index (χ0v) is 16.6. The Bertz CT molecular complexity index is 701. The number of hydrogen-bond donors (Lipinski definition) is 1. The third kappa shape index (κ3) is 4.12. The standard InChI is InChI=1S/C19H24O6Se/c1-12(20)24-18-9-8-14(21)15-10-17(16(25-15)11-19(18,2)22)26(23)13-6-4-3-5-7-13/h3-7,15-18,22H,8-11H2,1-2H3/t15-,16-,17+,18+,19-,26?/m1/s1. The van der Waals surface area contributed by atoms with Gasteiger partial charge in [-0.1, -0.05) is 0 Å². The molecule has 0 saturated carbocycles. The zero-order valence-electron chi connectivity index (χ0n) is 14.9. The number of esters is 1. The van der Waals surface area contributed by atoms with Gasteiger partial charge in [0, 0.05) is 0 Å². The summed E-state index contributed by atoms with van der Waals surface area (Å²) in [5, 5.41) is 10.9. The van der Waals surface area contributed by atoms with Crippen molar-refractivity contribution in [2.45, 2.75) is 68.3 Å². The van der Waals surface area contributed by atoms with Gasteiger partial charge in [-0.3, -0.25) is 0 Å². The number of carbonyl (C=O) groups excluding carboxylic acids is 2. The number of benzene rings is 1. The molecule has 6 atom stereocenters. The summed E-state index contributed by atoms with van der Waals surface area (Å²) < 4.78 is 25.1. The van der Waals surface area contributed by atoms with E-state index in [0.717, 1.165) is 4.46 Å². The van der Waals surface area contributed by atoms with E-state index in [4.69, 9.17) is 9.47 Å².